The average molecular weight is 302 g/mol. The van der Waals surface area contributed by atoms with E-state index in [1.165, 1.54) is 6.07 Å². The minimum Gasteiger partial charge on any atom is -0.399 e. The number of nitrogen functional groups attached to an aromatic ring is 1. The Balaban J connectivity index is 2.78. The maximum atomic E-state index is 12.2. The van der Waals surface area contributed by atoms with Crippen molar-refractivity contribution in [3.63, 3.8) is 0 Å². The van der Waals surface area contributed by atoms with Crippen molar-refractivity contribution in [1.82, 2.24) is 4.72 Å². The number of anilines is 1. The van der Waals surface area contributed by atoms with Gasteiger partial charge >= 0.3 is 0 Å². The van der Waals surface area contributed by atoms with Crippen LogP contribution >= 0.6 is 11.8 Å². The molecule has 0 fully saturated rings. The molecule has 0 radical (unpaired) electrons. The molecule has 1 aromatic rings. The van der Waals surface area contributed by atoms with Crippen molar-refractivity contribution >= 4 is 27.5 Å². The first kappa shape index (κ1) is 16.3. The lowest BCUT2D eigenvalue weighted by atomic mass is 10.1. The van der Waals surface area contributed by atoms with Gasteiger partial charge in [-0.2, -0.15) is 11.8 Å². The van der Waals surface area contributed by atoms with Crippen molar-refractivity contribution in [2.75, 3.05) is 24.3 Å². The molecule has 0 aliphatic rings. The monoisotopic (exact) mass is 302 g/mol. The van der Waals surface area contributed by atoms with Crippen LogP contribution in [-0.4, -0.2) is 27.0 Å². The van der Waals surface area contributed by atoms with Crippen molar-refractivity contribution in [2.45, 2.75) is 31.6 Å². The molecule has 0 saturated carbocycles. The Morgan fingerprint density at radius 1 is 1.26 bits per heavy atom. The van der Waals surface area contributed by atoms with Gasteiger partial charge in [0, 0.05) is 12.2 Å². The van der Waals surface area contributed by atoms with Crippen LogP contribution in [0.15, 0.2) is 17.0 Å². The summed E-state index contributed by atoms with van der Waals surface area (Å²) in [6.45, 7) is 4.14. The number of aryl methyl sites for hydroxylation is 1. The Bertz CT molecular complexity index is 528. The molecule has 0 aliphatic carbocycles. The molecule has 0 aliphatic heterocycles. The molecule has 1 rings (SSSR count). The first-order chi connectivity index (χ1) is 8.88. The average Bonchev–Trinajstić information content (AvgIpc) is 2.33. The van der Waals surface area contributed by atoms with Crippen molar-refractivity contribution in [3.8, 4) is 0 Å². The maximum Gasteiger partial charge on any atom is 0.240 e. The van der Waals surface area contributed by atoms with Crippen LogP contribution < -0.4 is 10.5 Å². The van der Waals surface area contributed by atoms with E-state index in [9.17, 15) is 8.42 Å². The fourth-order valence-electron chi connectivity index (χ4n) is 1.79. The number of hydrogen-bond acceptors (Lipinski definition) is 4. The van der Waals surface area contributed by atoms with Crippen LogP contribution in [0.3, 0.4) is 0 Å². The van der Waals surface area contributed by atoms with Crippen molar-refractivity contribution in [3.05, 3.63) is 23.3 Å². The molecule has 6 heteroatoms. The SMILES string of the molecule is CSCCCCNS(=O)(=O)c1cc(N)cc(C)c1C. The smallest absolute Gasteiger partial charge is 0.240 e. The van der Waals surface area contributed by atoms with Gasteiger partial charge in [0.1, 0.15) is 0 Å². The Labute approximate surface area is 120 Å². The van der Waals surface area contributed by atoms with E-state index in [1.807, 2.05) is 13.2 Å². The topological polar surface area (TPSA) is 72.2 Å². The van der Waals surface area contributed by atoms with E-state index in [2.05, 4.69) is 4.72 Å². The lowest BCUT2D eigenvalue weighted by Gasteiger charge is -2.12. The Morgan fingerprint density at radius 3 is 2.58 bits per heavy atom. The number of thioether (sulfide) groups is 1. The lowest BCUT2D eigenvalue weighted by Crippen LogP contribution is -2.26. The molecular formula is C13H22N2O2S2. The van der Waals surface area contributed by atoms with E-state index >= 15 is 0 Å². The quantitative estimate of drug-likeness (QED) is 0.599. The molecule has 108 valence electrons. The highest BCUT2D eigenvalue weighted by Gasteiger charge is 2.17. The van der Waals surface area contributed by atoms with Crippen molar-refractivity contribution < 1.29 is 8.42 Å². The number of benzene rings is 1. The lowest BCUT2D eigenvalue weighted by molar-refractivity contribution is 0.578. The Kier molecular flexibility index (Phi) is 6.16. The molecule has 0 amide bonds. The predicted molar refractivity (Wildman–Crippen MR) is 83.1 cm³/mol. The van der Waals surface area contributed by atoms with E-state index in [0.717, 1.165) is 29.7 Å². The van der Waals surface area contributed by atoms with Crippen LogP contribution in [0.5, 0.6) is 0 Å². The fraction of sp³-hybridized carbons (Fsp3) is 0.538. The van der Waals surface area contributed by atoms with Crippen molar-refractivity contribution in [1.29, 1.82) is 0 Å². The molecule has 0 atom stereocenters. The highest BCUT2D eigenvalue weighted by atomic mass is 32.2. The number of nitrogens with two attached hydrogens (primary N) is 1. The number of unbranched alkanes of at least 4 members (excludes halogenated alkanes) is 1. The first-order valence-corrected chi connectivity index (χ1v) is 9.11. The molecule has 0 heterocycles. The summed E-state index contributed by atoms with van der Waals surface area (Å²) in [5.74, 6) is 1.05. The van der Waals surface area contributed by atoms with Gasteiger partial charge in [0.05, 0.1) is 4.90 Å². The van der Waals surface area contributed by atoms with Gasteiger partial charge in [-0.15, -0.1) is 0 Å². The predicted octanol–water partition coefficient (Wildman–Crippen LogP) is 2.31. The molecular weight excluding hydrogens is 280 g/mol. The Hall–Kier alpha value is -0.720. The maximum absolute atomic E-state index is 12.2. The summed E-state index contributed by atoms with van der Waals surface area (Å²) in [4.78, 5) is 0.287. The summed E-state index contributed by atoms with van der Waals surface area (Å²) in [6.07, 6.45) is 3.90. The third kappa shape index (κ3) is 4.71. The summed E-state index contributed by atoms with van der Waals surface area (Å²) in [7, 11) is -3.46. The standard InChI is InChI=1S/C13H22N2O2S2/c1-10-8-12(14)9-13(11(10)2)19(16,17)15-6-4-5-7-18-3/h8-9,15H,4-7,14H2,1-3H3. The van der Waals surface area contributed by atoms with Crippen LogP contribution in [0.2, 0.25) is 0 Å². The van der Waals surface area contributed by atoms with Gasteiger partial charge in [0.25, 0.3) is 0 Å². The van der Waals surface area contributed by atoms with Gasteiger partial charge in [-0.05, 0) is 62.0 Å². The van der Waals surface area contributed by atoms with Gasteiger partial charge in [-0.1, -0.05) is 0 Å². The molecule has 1 aromatic carbocycles. The minimum absolute atomic E-state index is 0.287. The second-order valence-corrected chi connectivity index (χ2v) is 7.28. The van der Waals surface area contributed by atoms with E-state index in [-0.39, 0.29) is 4.90 Å². The highest BCUT2D eigenvalue weighted by molar-refractivity contribution is 7.98. The summed E-state index contributed by atoms with van der Waals surface area (Å²) >= 11 is 1.77. The first-order valence-electron chi connectivity index (χ1n) is 6.24. The Morgan fingerprint density at radius 2 is 1.95 bits per heavy atom. The molecule has 0 unspecified atom stereocenters. The van der Waals surface area contributed by atoms with Gasteiger partial charge < -0.3 is 5.73 Å². The molecule has 0 bridgehead atoms. The summed E-state index contributed by atoms with van der Waals surface area (Å²) in [6, 6.07) is 3.30. The van der Waals surface area contributed by atoms with E-state index in [0.29, 0.717) is 12.2 Å². The number of sulfonamides is 1. The third-order valence-electron chi connectivity index (χ3n) is 3.00. The van der Waals surface area contributed by atoms with Crippen molar-refractivity contribution in [2.24, 2.45) is 0 Å². The second-order valence-electron chi connectivity index (χ2n) is 4.56. The molecule has 0 spiro atoms. The van der Waals surface area contributed by atoms with Crippen LogP contribution in [-0.2, 0) is 10.0 Å². The van der Waals surface area contributed by atoms with E-state index in [4.69, 9.17) is 5.73 Å². The zero-order valence-electron chi connectivity index (χ0n) is 11.7. The summed E-state index contributed by atoms with van der Waals surface area (Å²) in [5, 5.41) is 0. The van der Waals surface area contributed by atoms with Crippen LogP contribution in [0.4, 0.5) is 5.69 Å². The number of hydrogen-bond donors (Lipinski definition) is 2. The van der Waals surface area contributed by atoms with Gasteiger partial charge in [-0.3, -0.25) is 0 Å². The molecule has 19 heavy (non-hydrogen) atoms. The molecule has 4 nitrogen and oxygen atoms in total. The second kappa shape index (κ2) is 7.17. The van der Waals surface area contributed by atoms with Gasteiger partial charge in [0.2, 0.25) is 10.0 Å². The van der Waals surface area contributed by atoms with E-state index < -0.39 is 10.0 Å². The highest BCUT2D eigenvalue weighted by Crippen LogP contribution is 2.22. The zero-order chi connectivity index (χ0) is 14.5. The normalized spacial score (nSPS) is 11.7. The zero-order valence-corrected chi connectivity index (χ0v) is 13.3. The van der Waals surface area contributed by atoms with Gasteiger partial charge in [0.15, 0.2) is 0 Å². The molecule has 0 saturated heterocycles. The summed E-state index contributed by atoms with van der Waals surface area (Å²) < 4.78 is 27.1. The summed E-state index contributed by atoms with van der Waals surface area (Å²) in [5.41, 5.74) is 7.85. The van der Waals surface area contributed by atoms with Crippen LogP contribution in [0.1, 0.15) is 24.0 Å². The van der Waals surface area contributed by atoms with E-state index in [1.54, 1.807) is 24.8 Å². The molecule has 0 aromatic heterocycles. The minimum atomic E-state index is -3.46. The molecule has 3 N–H and O–H groups in total. The largest absolute Gasteiger partial charge is 0.399 e. The number of rotatable bonds is 7. The van der Waals surface area contributed by atoms with Crippen LogP contribution in [0, 0.1) is 13.8 Å². The van der Waals surface area contributed by atoms with Crippen LogP contribution in [0.25, 0.3) is 0 Å². The number of nitrogens with one attached hydrogen (secondary N) is 1. The fourth-order valence-corrected chi connectivity index (χ4v) is 3.71. The van der Waals surface area contributed by atoms with Gasteiger partial charge in [-0.25, -0.2) is 13.1 Å². The third-order valence-corrected chi connectivity index (χ3v) is 5.28.